The van der Waals surface area contributed by atoms with Crippen LogP contribution in [0.5, 0.6) is 0 Å². The lowest BCUT2D eigenvalue weighted by atomic mass is 10.2. The van der Waals surface area contributed by atoms with Gasteiger partial charge in [0.05, 0.1) is 0 Å². The van der Waals surface area contributed by atoms with Gasteiger partial charge in [-0.1, -0.05) is 24.3 Å². The summed E-state index contributed by atoms with van der Waals surface area (Å²) in [6.07, 6.45) is -5.49. The summed E-state index contributed by atoms with van der Waals surface area (Å²) in [5.74, 6) is -6.37. The van der Waals surface area contributed by atoms with Gasteiger partial charge in [-0.25, -0.2) is 0 Å². The van der Waals surface area contributed by atoms with Crippen LogP contribution in [0.1, 0.15) is 0 Å². The molecule has 0 aliphatic rings. The largest absolute Gasteiger partial charge is 0.458 e. The van der Waals surface area contributed by atoms with Crippen LogP contribution in [-0.2, 0) is 9.53 Å². The van der Waals surface area contributed by atoms with E-state index in [0.717, 1.165) is 5.69 Å². The normalized spacial score (nSPS) is 13.9. The highest BCUT2D eigenvalue weighted by Gasteiger charge is 2.63. The van der Waals surface area contributed by atoms with E-state index in [9.17, 15) is 22.4 Å². The predicted octanol–water partition coefficient (Wildman–Crippen LogP) is 4.24. The van der Waals surface area contributed by atoms with Crippen LogP contribution in [0.3, 0.4) is 0 Å². The molecular formula is C16H14F4N2O2. The van der Waals surface area contributed by atoms with Gasteiger partial charge in [-0.15, -0.1) is 0 Å². The molecule has 2 aromatic carbocycles. The molecule has 0 bridgehead atoms. The van der Waals surface area contributed by atoms with Crippen molar-refractivity contribution >= 4 is 23.0 Å². The number of alkyl halides is 4. The Kier molecular flexibility index (Phi) is 5.08. The monoisotopic (exact) mass is 342 g/mol. The Labute approximate surface area is 135 Å². The second kappa shape index (κ2) is 6.88. The molecule has 0 saturated heterocycles. The summed E-state index contributed by atoms with van der Waals surface area (Å²) >= 11 is 0. The Balaban J connectivity index is 2.16. The Hall–Kier alpha value is -2.61. The minimum absolute atomic E-state index is 0.00995. The molecule has 1 atom stereocenters. The maximum absolute atomic E-state index is 13.8. The van der Waals surface area contributed by atoms with Gasteiger partial charge in [0.15, 0.2) is 0 Å². The standard InChI is InChI=1S/C16H14F4N2O2/c1-24-15(17,16(18,19)20)14(23)22-13-9-5-8-12(10-13)21-11-6-3-2-4-7-11/h2-10,21H,1H3,(H,22,23)/t15-/m0/s1. The first-order valence-electron chi connectivity index (χ1n) is 6.80. The molecule has 0 unspecified atom stereocenters. The van der Waals surface area contributed by atoms with E-state index >= 15 is 0 Å². The van der Waals surface area contributed by atoms with Gasteiger partial charge in [0.1, 0.15) is 0 Å². The summed E-state index contributed by atoms with van der Waals surface area (Å²) in [7, 11) is 0.473. The molecule has 0 aliphatic carbocycles. The molecule has 2 aromatic rings. The minimum Gasteiger partial charge on any atom is -0.355 e. The summed E-state index contributed by atoms with van der Waals surface area (Å²) < 4.78 is 55.5. The van der Waals surface area contributed by atoms with Crippen molar-refractivity contribution in [1.82, 2.24) is 0 Å². The number of para-hydroxylation sites is 1. The molecule has 0 aromatic heterocycles. The molecule has 2 N–H and O–H groups in total. The van der Waals surface area contributed by atoms with E-state index in [-0.39, 0.29) is 5.69 Å². The lowest BCUT2D eigenvalue weighted by molar-refractivity contribution is -0.305. The van der Waals surface area contributed by atoms with E-state index in [2.05, 4.69) is 10.1 Å². The smallest absolute Gasteiger partial charge is 0.355 e. The zero-order chi connectivity index (χ0) is 17.8. The number of hydrogen-bond acceptors (Lipinski definition) is 3. The molecule has 4 nitrogen and oxygen atoms in total. The quantitative estimate of drug-likeness (QED) is 0.799. The summed E-state index contributed by atoms with van der Waals surface area (Å²) in [6.45, 7) is 0. The third-order valence-electron chi connectivity index (χ3n) is 3.12. The van der Waals surface area contributed by atoms with Crippen molar-refractivity contribution in [3.05, 3.63) is 54.6 Å². The fraction of sp³-hybridized carbons (Fsp3) is 0.188. The molecule has 0 spiro atoms. The molecule has 24 heavy (non-hydrogen) atoms. The van der Waals surface area contributed by atoms with Crippen molar-refractivity contribution in [2.24, 2.45) is 0 Å². The zero-order valence-electron chi connectivity index (χ0n) is 12.5. The fourth-order valence-electron chi connectivity index (χ4n) is 1.91. The van der Waals surface area contributed by atoms with Crippen molar-refractivity contribution in [2.45, 2.75) is 12.0 Å². The summed E-state index contributed by atoms with van der Waals surface area (Å²) in [5, 5.41) is 4.87. The Bertz CT molecular complexity index is 707. The van der Waals surface area contributed by atoms with Crippen molar-refractivity contribution in [2.75, 3.05) is 17.7 Å². The van der Waals surface area contributed by atoms with Crippen LogP contribution in [0.15, 0.2) is 54.6 Å². The SMILES string of the molecule is CO[C@@](F)(C(=O)Nc1cccc(Nc2ccccc2)c1)C(F)(F)F. The zero-order valence-corrected chi connectivity index (χ0v) is 12.5. The molecule has 0 heterocycles. The number of hydrogen-bond donors (Lipinski definition) is 2. The van der Waals surface area contributed by atoms with E-state index in [4.69, 9.17) is 0 Å². The van der Waals surface area contributed by atoms with Crippen molar-refractivity contribution in [3.63, 3.8) is 0 Å². The first-order valence-corrected chi connectivity index (χ1v) is 6.80. The number of anilines is 3. The average Bonchev–Trinajstić information content (AvgIpc) is 2.54. The summed E-state index contributed by atoms with van der Waals surface area (Å²) in [4.78, 5) is 11.6. The van der Waals surface area contributed by atoms with E-state index in [1.54, 1.807) is 30.3 Å². The van der Waals surface area contributed by atoms with Gasteiger partial charge in [-0.05, 0) is 30.3 Å². The van der Waals surface area contributed by atoms with Gasteiger partial charge >= 0.3 is 12.0 Å². The minimum atomic E-state index is -5.49. The second-order valence-electron chi connectivity index (χ2n) is 4.82. The number of carbonyl (C=O) groups is 1. The highest BCUT2D eigenvalue weighted by atomic mass is 19.4. The average molecular weight is 342 g/mol. The highest BCUT2D eigenvalue weighted by molar-refractivity contribution is 5.97. The molecule has 0 aliphatic heterocycles. The fourth-order valence-corrected chi connectivity index (χ4v) is 1.91. The van der Waals surface area contributed by atoms with Gasteiger partial charge in [0.25, 0.3) is 5.91 Å². The number of halogens is 4. The molecule has 128 valence electrons. The van der Waals surface area contributed by atoms with Gasteiger partial charge < -0.3 is 15.4 Å². The summed E-state index contributed by atoms with van der Waals surface area (Å²) in [6, 6.07) is 14.8. The van der Waals surface area contributed by atoms with Crippen LogP contribution < -0.4 is 10.6 Å². The predicted molar refractivity (Wildman–Crippen MR) is 81.7 cm³/mol. The second-order valence-corrected chi connectivity index (χ2v) is 4.82. The lowest BCUT2D eigenvalue weighted by Gasteiger charge is -2.24. The van der Waals surface area contributed by atoms with Crippen LogP contribution >= 0.6 is 0 Å². The molecule has 8 heteroatoms. The number of rotatable bonds is 5. The number of amides is 1. The Morgan fingerprint density at radius 3 is 2.08 bits per heavy atom. The maximum atomic E-state index is 13.8. The van der Waals surface area contributed by atoms with Gasteiger partial charge in [-0.3, -0.25) is 4.79 Å². The van der Waals surface area contributed by atoms with Crippen molar-refractivity contribution in [1.29, 1.82) is 0 Å². The molecule has 0 saturated carbocycles. The van der Waals surface area contributed by atoms with Crippen molar-refractivity contribution in [3.8, 4) is 0 Å². The topological polar surface area (TPSA) is 50.4 Å². The molecule has 0 fully saturated rings. The first-order chi connectivity index (χ1) is 11.3. The Morgan fingerprint density at radius 2 is 1.50 bits per heavy atom. The van der Waals surface area contributed by atoms with E-state index in [0.29, 0.717) is 12.8 Å². The van der Waals surface area contributed by atoms with Gasteiger partial charge in [0.2, 0.25) is 0 Å². The van der Waals surface area contributed by atoms with Crippen LogP contribution in [0.25, 0.3) is 0 Å². The van der Waals surface area contributed by atoms with E-state index in [1.807, 2.05) is 11.4 Å². The van der Waals surface area contributed by atoms with E-state index < -0.39 is 17.9 Å². The number of ether oxygens (including phenoxy) is 1. The van der Waals surface area contributed by atoms with Gasteiger partial charge in [0, 0.05) is 24.2 Å². The number of nitrogens with one attached hydrogen (secondary N) is 2. The van der Waals surface area contributed by atoms with E-state index in [1.165, 1.54) is 18.2 Å². The van der Waals surface area contributed by atoms with Gasteiger partial charge in [-0.2, -0.15) is 17.6 Å². The lowest BCUT2D eigenvalue weighted by Crippen LogP contribution is -2.52. The number of benzene rings is 2. The van der Waals surface area contributed by atoms with Crippen LogP contribution in [0.2, 0.25) is 0 Å². The Morgan fingerprint density at radius 1 is 0.917 bits per heavy atom. The maximum Gasteiger partial charge on any atom is 0.458 e. The molecule has 2 rings (SSSR count). The highest BCUT2D eigenvalue weighted by Crippen LogP contribution is 2.35. The number of methoxy groups -OCH3 is 1. The third kappa shape index (κ3) is 3.83. The van der Waals surface area contributed by atoms with Crippen LogP contribution in [0.4, 0.5) is 34.6 Å². The third-order valence-corrected chi connectivity index (χ3v) is 3.12. The van der Waals surface area contributed by atoms with Crippen LogP contribution in [0, 0.1) is 0 Å². The summed E-state index contributed by atoms with van der Waals surface area (Å²) in [5.41, 5.74) is 1.24. The molecule has 0 radical (unpaired) electrons. The molecular weight excluding hydrogens is 328 g/mol. The number of carbonyl (C=O) groups excluding carboxylic acids is 1. The van der Waals surface area contributed by atoms with Crippen LogP contribution in [-0.4, -0.2) is 25.0 Å². The first kappa shape index (κ1) is 17.7. The van der Waals surface area contributed by atoms with Crippen molar-refractivity contribution < 1.29 is 27.1 Å². The molecule has 1 amide bonds.